The Bertz CT molecular complexity index is 1270. The Hall–Kier alpha value is -3.61. The van der Waals surface area contributed by atoms with Crippen LogP contribution in [0.15, 0.2) is 59.5 Å². The molecule has 0 spiro atoms. The van der Waals surface area contributed by atoms with Gasteiger partial charge in [-0.3, -0.25) is 9.59 Å². The first-order valence-corrected chi connectivity index (χ1v) is 9.76. The lowest BCUT2D eigenvalue weighted by Crippen LogP contribution is -2.17. The molecule has 1 saturated carbocycles. The van der Waals surface area contributed by atoms with E-state index >= 15 is 0 Å². The van der Waals surface area contributed by atoms with Gasteiger partial charge in [-0.1, -0.05) is 24.3 Å². The molecule has 0 atom stereocenters. The van der Waals surface area contributed by atoms with E-state index in [2.05, 4.69) is 15.4 Å². The molecule has 1 aliphatic rings. The number of nitrogens with zero attached hydrogens (tertiary/aromatic N) is 2. The Morgan fingerprint density at radius 3 is 2.72 bits per heavy atom. The number of aromatic amines is 1. The maximum Gasteiger partial charge on any atom is 0.261 e. The molecule has 2 heterocycles. The summed E-state index contributed by atoms with van der Waals surface area (Å²) in [5, 5.41) is 7.74. The Labute approximate surface area is 166 Å². The third-order valence-electron chi connectivity index (χ3n) is 5.35. The summed E-state index contributed by atoms with van der Waals surface area (Å²) in [5.41, 5.74) is 1.65. The molecule has 0 bridgehead atoms. The Morgan fingerprint density at radius 1 is 1.10 bits per heavy atom. The summed E-state index contributed by atoms with van der Waals surface area (Å²) in [6, 6.07) is 14.6. The van der Waals surface area contributed by atoms with Gasteiger partial charge >= 0.3 is 0 Å². The van der Waals surface area contributed by atoms with Gasteiger partial charge < -0.3 is 15.0 Å². The van der Waals surface area contributed by atoms with Gasteiger partial charge in [-0.15, -0.1) is 0 Å². The first-order chi connectivity index (χ1) is 14.2. The highest BCUT2D eigenvalue weighted by Gasteiger charge is 2.20. The quantitative estimate of drug-likeness (QED) is 0.557. The number of hydrogen-bond acceptors (Lipinski definition) is 4. The minimum absolute atomic E-state index is 0.188. The van der Waals surface area contributed by atoms with Crippen LogP contribution in [0.2, 0.25) is 0 Å². The van der Waals surface area contributed by atoms with E-state index in [0.29, 0.717) is 33.6 Å². The van der Waals surface area contributed by atoms with E-state index in [-0.39, 0.29) is 17.6 Å². The fraction of sp³-hybridized carbons (Fsp3) is 0.227. The van der Waals surface area contributed by atoms with Crippen molar-refractivity contribution >= 4 is 28.1 Å². The first kappa shape index (κ1) is 17.5. The molecular weight excluding hydrogens is 368 g/mol. The van der Waals surface area contributed by atoms with Gasteiger partial charge in [0.25, 0.3) is 11.5 Å². The zero-order valence-electron chi connectivity index (χ0n) is 15.7. The Balaban J connectivity index is 1.49. The number of ether oxygens (including phenoxy) is 1. The molecule has 0 radical (unpaired) electrons. The molecule has 1 amide bonds. The average molecular weight is 388 g/mol. The molecule has 2 aromatic carbocycles. The smallest absolute Gasteiger partial charge is 0.261 e. The SMILES string of the molecule is O=C(Nc1ccccc1OC1CCCC1)c1cnn2c1[nH]c(=O)c1ccccc12. The molecular formula is C22H20N4O3. The van der Waals surface area contributed by atoms with E-state index in [4.69, 9.17) is 4.74 Å². The van der Waals surface area contributed by atoms with Gasteiger partial charge in [0.1, 0.15) is 17.0 Å². The predicted octanol–water partition coefficient (Wildman–Crippen LogP) is 3.75. The van der Waals surface area contributed by atoms with Crippen LogP contribution in [0.5, 0.6) is 5.75 Å². The lowest BCUT2D eigenvalue weighted by Gasteiger charge is -2.16. The number of hydrogen-bond donors (Lipinski definition) is 2. The number of para-hydroxylation sites is 3. The summed E-state index contributed by atoms with van der Waals surface area (Å²) < 4.78 is 7.67. The molecule has 7 nitrogen and oxygen atoms in total. The van der Waals surface area contributed by atoms with Gasteiger partial charge in [0, 0.05) is 0 Å². The first-order valence-electron chi connectivity index (χ1n) is 9.76. The van der Waals surface area contributed by atoms with Crippen molar-refractivity contribution in [3.05, 3.63) is 70.6 Å². The van der Waals surface area contributed by atoms with Crippen molar-refractivity contribution in [2.45, 2.75) is 31.8 Å². The van der Waals surface area contributed by atoms with Crippen molar-refractivity contribution in [2.75, 3.05) is 5.32 Å². The molecule has 0 aliphatic heterocycles. The minimum atomic E-state index is -0.353. The number of amides is 1. The fourth-order valence-electron chi connectivity index (χ4n) is 3.89. The third-order valence-corrected chi connectivity index (χ3v) is 5.35. The zero-order chi connectivity index (χ0) is 19.8. The standard InChI is InChI=1S/C22H20N4O3/c27-21-15-9-3-5-11-18(15)26-20(25-21)16(13-23-26)22(28)24-17-10-4-6-12-19(17)29-14-7-1-2-8-14/h3-6,9-14H,1-2,7-8H2,(H,24,28)(H,25,27). The van der Waals surface area contributed by atoms with Crippen LogP contribution < -0.4 is 15.6 Å². The van der Waals surface area contributed by atoms with Crippen LogP contribution in [0.4, 0.5) is 5.69 Å². The van der Waals surface area contributed by atoms with Crippen LogP contribution in [-0.2, 0) is 0 Å². The summed E-state index contributed by atoms with van der Waals surface area (Å²) in [6.45, 7) is 0. The molecule has 2 N–H and O–H groups in total. The van der Waals surface area contributed by atoms with Gasteiger partial charge in [-0.2, -0.15) is 5.10 Å². The molecule has 29 heavy (non-hydrogen) atoms. The average Bonchev–Trinajstić information content (AvgIpc) is 3.39. The number of anilines is 1. The van der Waals surface area contributed by atoms with Gasteiger partial charge in [0.2, 0.25) is 0 Å². The highest BCUT2D eigenvalue weighted by Crippen LogP contribution is 2.30. The number of fused-ring (bicyclic) bond motifs is 3. The lowest BCUT2D eigenvalue weighted by atomic mass is 10.2. The second kappa shape index (κ2) is 7.09. The predicted molar refractivity (Wildman–Crippen MR) is 111 cm³/mol. The van der Waals surface area contributed by atoms with Crippen LogP contribution in [0.3, 0.4) is 0 Å². The molecule has 7 heteroatoms. The minimum Gasteiger partial charge on any atom is -0.488 e. The number of carbonyl (C=O) groups is 1. The number of rotatable bonds is 4. The van der Waals surface area contributed by atoms with Crippen LogP contribution >= 0.6 is 0 Å². The summed E-state index contributed by atoms with van der Waals surface area (Å²) in [6.07, 6.45) is 6.06. The largest absolute Gasteiger partial charge is 0.488 e. The van der Waals surface area contributed by atoms with Crippen molar-refractivity contribution in [2.24, 2.45) is 0 Å². The monoisotopic (exact) mass is 388 g/mol. The molecule has 2 aromatic heterocycles. The van der Waals surface area contributed by atoms with Gasteiger partial charge in [0.05, 0.1) is 28.9 Å². The number of aromatic nitrogens is 3. The Kier molecular flexibility index (Phi) is 4.27. The van der Waals surface area contributed by atoms with Gasteiger partial charge in [0.15, 0.2) is 0 Å². The zero-order valence-corrected chi connectivity index (χ0v) is 15.7. The number of nitrogens with one attached hydrogen (secondary N) is 2. The lowest BCUT2D eigenvalue weighted by molar-refractivity contribution is 0.102. The molecule has 146 valence electrons. The summed E-state index contributed by atoms with van der Waals surface area (Å²) >= 11 is 0. The van der Waals surface area contributed by atoms with E-state index in [9.17, 15) is 9.59 Å². The van der Waals surface area contributed by atoms with Crippen molar-refractivity contribution in [1.29, 1.82) is 0 Å². The van der Waals surface area contributed by atoms with E-state index in [1.54, 1.807) is 22.7 Å². The van der Waals surface area contributed by atoms with Crippen LogP contribution in [0.1, 0.15) is 36.0 Å². The number of carbonyl (C=O) groups excluding carboxylic acids is 1. The summed E-state index contributed by atoms with van der Waals surface area (Å²) in [4.78, 5) is 28.2. The van der Waals surface area contributed by atoms with Crippen molar-refractivity contribution in [3.8, 4) is 5.75 Å². The second-order valence-electron chi connectivity index (χ2n) is 7.26. The number of H-pyrrole nitrogens is 1. The maximum absolute atomic E-state index is 13.0. The molecule has 1 fully saturated rings. The van der Waals surface area contributed by atoms with Crippen LogP contribution in [0, 0.1) is 0 Å². The van der Waals surface area contributed by atoms with E-state index in [1.807, 2.05) is 30.3 Å². The summed E-state index contributed by atoms with van der Waals surface area (Å²) in [5.74, 6) is 0.302. The normalized spacial score (nSPS) is 14.5. The van der Waals surface area contributed by atoms with E-state index in [0.717, 1.165) is 12.8 Å². The second-order valence-corrected chi connectivity index (χ2v) is 7.26. The van der Waals surface area contributed by atoms with Crippen LogP contribution in [0.25, 0.3) is 16.6 Å². The van der Waals surface area contributed by atoms with E-state index < -0.39 is 0 Å². The van der Waals surface area contributed by atoms with Crippen molar-refractivity contribution in [1.82, 2.24) is 14.6 Å². The summed E-state index contributed by atoms with van der Waals surface area (Å²) in [7, 11) is 0. The molecule has 1 aliphatic carbocycles. The highest BCUT2D eigenvalue weighted by molar-refractivity contribution is 6.09. The molecule has 0 saturated heterocycles. The van der Waals surface area contributed by atoms with Gasteiger partial charge in [-0.05, 0) is 49.9 Å². The number of benzene rings is 2. The third kappa shape index (κ3) is 3.14. The topological polar surface area (TPSA) is 88.5 Å². The van der Waals surface area contributed by atoms with E-state index in [1.165, 1.54) is 19.0 Å². The van der Waals surface area contributed by atoms with Crippen molar-refractivity contribution < 1.29 is 9.53 Å². The molecule has 4 aromatic rings. The highest BCUT2D eigenvalue weighted by atomic mass is 16.5. The maximum atomic E-state index is 13.0. The van der Waals surface area contributed by atoms with Crippen LogP contribution in [-0.4, -0.2) is 26.6 Å². The molecule has 0 unspecified atom stereocenters. The fourth-order valence-corrected chi connectivity index (χ4v) is 3.89. The van der Waals surface area contributed by atoms with Gasteiger partial charge in [-0.25, -0.2) is 4.52 Å². The molecule has 5 rings (SSSR count). The van der Waals surface area contributed by atoms with Crippen molar-refractivity contribution in [3.63, 3.8) is 0 Å². The Morgan fingerprint density at radius 2 is 1.86 bits per heavy atom.